The normalized spacial score (nSPS) is 11.4. The summed E-state index contributed by atoms with van der Waals surface area (Å²) in [5, 5.41) is 4.65. The lowest BCUT2D eigenvalue weighted by Gasteiger charge is -1.99. The summed E-state index contributed by atoms with van der Waals surface area (Å²) in [6, 6.07) is 0. The molecule has 0 aliphatic heterocycles. The molecule has 0 fully saturated rings. The minimum absolute atomic E-state index is 0.242. The lowest BCUT2D eigenvalue weighted by molar-refractivity contribution is -0.118. The average molecular weight is 195 g/mol. The first-order chi connectivity index (χ1) is 5.42. The third-order valence-corrected chi connectivity index (χ3v) is 1.76. The van der Waals surface area contributed by atoms with Crippen LogP contribution >= 0.6 is 0 Å². The zero-order valence-electron chi connectivity index (χ0n) is 6.62. The summed E-state index contributed by atoms with van der Waals surface area (Å²) in [5.74, 6) is -0.384. The molecule has 7 heteroatoms. The summed E-state index contributed by atoms with van der Waals surface area (Å²) in [5.41, 5.74) is 4.86. The number of rotatable bonds is 6. The summed E-state index contributed by atoms with van der Waals surface area (Å²) < 4.78 is 22.7. The molecule has 0 radical (unpaired) electrons. The molecule has 0 aliphatic rings. The number of unbranched alkanes of at least 4 members (excludes halogenated alkanes) is 1. The molecule has 0 spiro atoms. The number of amides is 1. The van der Waals surface area contributed by atoms with Crippen molar-refractivity contribution in [3.63, 3.8) is 0 Å². The molecule has 0 rings (SSSR count). The monoisotopic (exact) mass is 195 g/mol. The van der Waals surface area contributed by atoms with Crippen molar-refractivity contribution in [3.8, 4) is 0 Å². The highest BCUT2D eigenvalue weighted by molar-refractivity contribution is 7.87. The lowest BCUT2D eigenvalue weighted by atomic mass is 10.2. The van der Waals surface area contributed by atoms with Gasteiger partial charge in [0, 0.05) is 13.0 Å². The van der Waals surface area contributed by atoms with Crippen molar-refractivity contribution in [3.05, 3.63) is 0 Å². The highest BCUT2D eigenvalue weighted by Crippen LogP contribution is 1.92. The summed E-state index contributed by atoms with van der Waals surface area (Å²) in [6.07, 6.45) is 1.39. The molecule has 0 atom stereocenters. The fraction of sp³-hybridized carbons (Fsp3) is 0.800. The Morgan fingerprint density at radius 3 is 2.33 bits per heavy atom. The Hall–Kier alpha value is -0.660. The molecule has 0 saturated carbocycles. The van der Waals surface area contributed by atoms with Crippen LogP contribution in [0.2, 0.25) is 0 Å². The Balaban J connectivity index is 3.29. The first-order valence-electron chi connectivity index (χ1n) is 3.47. The molecule has 0 saturated heterocycles. The van der Waals surface area contributed by atoms with Gasteiger partial charge in [-0.25, -0.2) is 9.86 Å². The number of carbonyl (C=O) groups excluding carboxylic acids is 1. The Labute approximate surface area is 71.5 Å². The molecular weight excluding hydrogens is 182 g/mol. The maximum absolute atomic E-state index is 10.3. The van der Waals surface area contributed by atoms with Gasteiger partial charge in [-0.05, 0) is 12.8 Å². The van der Waals surface area contributed by atoms with Gasteiger partial charge in [-0.15, -0.1) is 0 Å². The third-order valence-electron chi connectivity index (χ3n) is 1.15. The van der Waals surface area contributed by atoms with Crippen molar-refractivity contribution in [2.75, 3.05) is 6.54 Å². The maximum atomic E-state index is 10.3. The van der Waals surface area contributed by atoms with Gasteiger partial charge in [0.25, 0.3) is 10.2 Å². The summed E-state index contributed by atoms with van der Waals surface area (Å²) >= 11 is 0. The smallest absolute Gasteiger partial charge is 0.274 e. The number of nitrogens with one attached hydrogen (secondary N) is 1. The van der Waals surface area contributed by atoms with Crippen LogP contribution in [0, 0.1) is 0 Å². The molecule has 12 heavy (non-hydrogen) atoms. The molecule has 0 aromatic heterocycles. The number of hydrogen-bond acceptors (Lipinski definition) is 3. The Morgan fingerprint density at radius 1 is 1.33 bits per heavy atom. The van der Waals surface area contributed by atoms with Crippen LogP contribution in [-0.4, -0.2) is 20.9 Å². The first kappa shape index (κ1) is 11.3. The van der Waals surface area contributed by atoms with E-state index in [0.717, 1.165) is 0 Å². The second kappa shape index (κ2) is 5.07. The van der Waals surface area contributed by atoms with Crippen LogP contribution in [0.3, 0.4) is 0 Å². The fourth-order valence-corrected chi connectivity index (χ4v) is 1.07. The van der Waals surface area contributed by atoms with Crippen LogP contribution in [-0.2, 0) is 15.0 Å². The van der Waals surface area contributed by atoms with E-state index in [-0.39, 0.29) is 18.9 Å². The van der Waals surface area contributed by atoms with Crippen LogP contribution in [0.15, 0.2) is 0 Å². The quantitative estimate of drug-likeness (QED) is 0.445. The topological polar surface area (TPSA) is 115 Å². The van der Waals surface area contributed by atoms with Gasteiger partial charge in [-0.3, -0.25) is 4.79 Å². The lowest BCUT2D eigenvalue weighted by Crippen LogP contribution is -2.31. The van der Waals surface area contributed by atoms with Gasteiger partial charge in [0.2, 0.25) is 5.91 Å². The summed E-state index contributed by atoms with van der Waals surface area (Å²) in [7, 11) is -3.59. The SMILES string of the molecule is NC(=O)CCCCNS(N)(=O)=O. The van der Waals surface area contributed by atoms with Gasteiger partial charge >= 0.3 is 0 Å². The van der Waals surface area contributed by atoms with Crippen LogP contribution in [0.4, 0.5) is 0 Å². The molecule has 72 valence electrons. The first-order valence-corrected chi connectivity index (χ1v) is 5.02. The molecule has 0 unspecified atom stereocenters. The summed E-state index contributed by atoms with van der Waals surface area (Å²) in [4.78, 5) is 10.2. The Bertz CT molecular complexity index is 236. The van der Waals surface area contributed by atoms with E-state index in [9.17, 15) is 13.2 Å². The van der Waals surface area contributed by atoms with Gasteiger partial charge in [0.1, 0.15) is 0 Å². The van der Waals surface area contributed by atoms with Crippen molar-refractivity contribution in [1.29, 1.82) is 0 Å². The number of carbonyl (C=O) groups is 1. The van der Waals surface area contributed by atoms with Crippen molar-refractivity contribution in [2.45, 2.75) is 19.3 Å². The molecule has 1 amide bonds. The second-order valence-corrected chi connectivity index (χ2v) is 3.74. The van der Waals surface area contributed by atoms with Crippen molar-refractivity contribution in [1.82, 2.24) is 4.72 Å². The number of primary amides is 1. The molecule has 6 nitrogen and oxygen atoms in total. The number of hydrogen-bond donors (Lipinski definition) is 3. The molecular formula is C5H13N3O3S. The third kappa shape index (κ3) is 9.34. The van der Waals surface area contributed by atoms with E-state index in [4.69, 9.17) is 5.73 Å². The van der Waals surface area contributed by atoms with Gasteiger partial charge < -0.3 is 5.73 Å². The predicted octanol–water partition coefficient (Wildman–Crippen LogP) is -1.56. The molecule has 0 bridgehead atoms. The zero-order valence-corrected chi connectivity index (χ0v) is 7.43. The van der Waals surface area contributed by atoms with E-state index in [1.807, 2.05) is 0 Å². The molecule has 0 aliphatic carbocycles. The standard InChI is InChI=1S/C5H13N3O3S/c6-5(9)3-1-2-4-8-12(7,10)11/h8H,1-4H2,(H2,6,9)(H2,7,10,11). The van der Waals surface area contributed by atoms with Crippen molar-refractivity contribution < 1.29 is 13.2 Å². The van der Waals surface area contributed by atoms with Crippen LogP contribution in [0.1, 0.15) is 19.3 Å². The maximum Gasteiger partial charge on any atom is 0.274 e. The second-order valence-electron chi connectivity index (χ2n) is 2.36. The van der Waals surface area contributed by atoms with Crippen LogP contribution in [0.25, 0.3) is 0 Å². The van der Waals surface area contributed by atoms with Gasteiger partial charge in [-0.1, -0.05) is 0 Å². The van der Waals surface area contributed by atoms with Crippen LogP contribution in [0.5, 0.6) is 0 Å². The van der Waals surface area contributed by atoms with E-state index in [1.54, 1.807) is 0 Å². The highest BCUT2D eigenvalue weighted by Gasteiger charge is 1.99. The van der Waals surface area contributed by atoms with E-state index in [0.29, 0.717) is 12.8 Å². The average Bonchev–Trinajstić information content (AvgIpc) is 1.83. The van der Waals surface area contributed by atoms with E-state index >= 15 is 0 Å². The summed E-state index contributed by atoms with van der Waals surface area (Å²) in [6.45, 7) is 0.242. The molecule has 0 heterocycles. The van der Waals surface area contributed by atoms with Crippen molar-refractivity contribution in [2.24, 2.45) is 10.9 Å². The van der Waals surface area contributed by atoms with Gasteiger partial charge in [-0.2, -0.15) is 8.42 Å². The van der Waals surface area contributed by atoms with Crippen molar-refractivity contribution >= 4 is 16.1 Å². The zero-order chi connectivity index (χ0) is 9.61. The molecule has 0 aromatic carbocycles. The minimum atomic E-state index is -3.59. The Morgan fingerprint density at radius 2 is 1.92 bits per heavy atom. The van der Waals surface area contributed by atoms with E-state index in [2.05, 4.69) is 9.86 Å². The Kier molecular flexibility index (Phi) is 4.79. The fourth-order valence-electron chi connectivity index (χ4n) is 0.639. The highest BCUT2D eigenvalue weighted by atomic mass is 32.2. The van der Waals surface area contributed by atoms with Gasteiger partial charge in [0.05, 0.1) is 0 Å². The van der Waals surface area contributed by atoms with Crippen LogP contribution < -0.4 is 15.6 Å². The van der Waals surface area contributed by atoms with E-state index < -0.39 is 10.2 Å². The van der Waals surface area contributed by atoms with Gasteiger partial charge in [0.15, 0.2) is 0 Å². The van der Waals surface area contributed by atoms with E-state index in [1.165, 1.54) is 0 Å². The molecule has 5 N–H and O–H groups in total. The number of nitrogens with two attached hydrogens (primary N) is 2. The molecule has 0 aromatic rings. The largest absolute Gasteiger partial charge is 0.370 e. The predicted molar refractivity (Wildman–Crippen MR) is 44.2 cm³/mol. The minimum Gasteiger partial charge on any atom is -0.370 e.